The first kappa shape index (κ1) is 27.0. The quantitative estimate of drug-likeness (QED) is 0.127. The highest BCUT2D eigenvalue weighted by atomic mass is 127. The fourth-order valence-corrected chi connectivity index (χ4v) is 4.80. The van der Waals surface area contributed by atoms with Crippen LogP contribution in [0.25, 0.3) is 0 Å². The van der Waals surface area contributed by atoms with E-state index in [4.69, 9.17) is 4.99 Å². The molecule has 0 bridgehead atoms. The van der Waals surface area contributed by atoms with Crippen molar-refractivity contribution in [2.75, 3.05) is 19.3 Å². The van der Waals surface area contributed by atoms with Gasteiger partial charge < -0.3 is 15.2 Å². The van der Waals surface area contributed by atoms with Crippen LogP contribution in [-0.2, 0) is 12.8 Å². The maximum atomic E-state index is 4.81. The summed E-state index contributed by atoms with van der Waals surface area (Å²) in [6.07, 6.45) is 11.3. The van der Waals surface area contributed by atoms with Gasteiger partial charge in [-0.3, -0.25) is 4.99 Å². The number of halogens is 1. The molecule has 3 rings (SSSR count). The maximum absolute atomic E-state index is 4.81. The molecule has 6 nitrogen and oxygen atoms in total. The number of rotatable bonds is 11. The van der Waals surface area contributed by atoms with Gasteiger partial charge in [-0.1, -0.05) is 54.9 Å². The van der Waals surface area contributed by atoms with Crippen LogP contribution in [0.1, 0.15) is 69.8 Å². The Hall–Kier alpha value is -1.29. The third-order valence-corrected chi connectivity index (χ3v) is 6.52. The predicted octanol–water partition coefficient (Wildman–Crippen LogP) is 5.24. The monoisotopic (exact) mass is 570 g/mol. The molecule has 2 aromatic rings. The SMILES string of the molecule is CCNC(=NCCCc1nnc(SC)n1C1CCCC1)NC(C)CCc1ccccc1.I. The number of guanidine groups is 1. The van der Waals surface area contributed by atoms with Gasteiger partial charge in [0.1, 0.15) is 5.82 Å². The zero-order chi connectivity index (χ0) is 21.9. The van der Waals surface area contributed by atoms with E-state index in [0.29, 0.717) is 12.1 Å². The van der Waals surface area contributed by atoms with Gasteiger partial charge in [-0.05, 0) is 57.8 Å². The summed E-state index contributed by atoms with van der Waals surface area (Å²) in [5.74, 6) is 2.03. The predicted molar refractivity (Wildman–Crippen MR) is 146 cm³/mol. The van der Waals surface area contributed by atoms with Crippen molar-refractivity contribution in [2.45, 2.75) is 82.5 Å². The molecule has 1 fully saturated rings. The minimum Gasteiger partial charge on any atom is -0.357 e. The third-order valence-electron chi connectivity index (χ3n) is 5.87. The minimum atomic E-state index is 0. The number of benzene rings is 1. The lowest BCUT2D eigenvalue weighted by molar-refractivity contribution is 0.461. The Morgan fingerprint density at radius 2 is 1.94 bits per heavy atom. The van der Waals surface area contributed by atoms with Crippen LogP contribution in [-0.4, -0.2) is 46.1 Å². The minimum absolute atomic E-state index is 0. The molecule has 2 N–H and O–H groups in total. The smallest absolute Gasteiger partial charge is 0.191 e. The van der Waals surface area contributed by atoms with Crippen molar-refractivity contribution in [3.05, 3.63) is 41.7 Å². The van der Waals surface area contributed by atoms with E-state index >= 15 is 0 Å². The summed E-state index contributed by atoms with van der Waals surface area (Å²) in [5, 5.41) is 16.9. The van der Waals surface area contributed by atoms with Crippen LogP contribution < -0.4 is 10.6 Å². The first-order valence-corrected chi connectivity index (χ1v) is 13.0. The van der Waals surface area contributed by atoms with Gasteiger partial charge in [-0.15, -0.1) is 34.2 Å². The van der Waals surface area contributed by atoms with Crippen molar-refractivity contribution < 1.29 is 0 Å². The van der Waals surface area contributed by atoms with Crippen LogP contribution in [0.15, 0.2) is 40.5 Å². The molecule has 1 aliphatic rings. The highest BCUT2D eigenvalue weighted by Gasteiger charge is 2.23. The van der Waals surface area contributed by atoms with Gasteiger partial charge in [-0.2, -0.15) is 0 Å². The lowest BCUT2D eigenvalue weighted by Crippen LogP contribution is -2.42. The summed E-state index contributed by atoms with van der Waals surface area (Å²) in [5.41, 5.74) is 1.38. The summed E-state index contributed by atoms with van der Waals surface area (Å²) in [6, 6.07) is 11.6. The van der Waals surface area contributed by atoms with E-state index in [0.717, 1.165) is 55.7 Å². The number of thioether (sulfide) groups is 1. The molecule has 1 atom stereocenters. The molecule has 0 saturated heterocycles. The summed E-state index contributed by atoms with van der Waals surface area (Å²) in [7, 11) is 0. The Balaban J connectivity index is 0.00000363. The largest absolute Gasteiger partial charge is 0.357 e. The van der Waals surface area contributed by atoms with Gasteiger partial charge in [0.15, 0.2) is 11.1 Å². The molecule has 0 aliphatic heterocycles. The summed E-state index contributed by atoms with van der Waals surface area (Å²) in [6.45, 7) is 5.99. The third kappa shape index (κ3) is 8.24. The van der Waals surface area contributed by atoms with Gasteiger partial charge in [0.25, 0.3) is 0 Å². The van der Waals surface area contributed by atoms with Gasteiger partial charge >= 0.3 is 0 Å². The van der Waals surface area contributed by atoms with Crippen LogP contribution in [0, 0.1) is 0 Å². The first-order valence-electron chi connectivity index (χ1n) is 11.8. The standard InChI is InChI=1S/C24H38N6S.HI/c1-4-25-23(27-19(2)16-17-20-11-6-5-7-12-20)26-18-10-15-22-28-29-24(31-3)30(22)21-13-8-9-14-21;/h5-7,11-12,19,21H,4,8-10,13-18H2,1-3H3,(H2,25,26,27);1H. The van der Waals surface area contributed by atoms with Crippen molar-refractivity contribution in [1.82, 2.24) is 25.4 Å². The van der Waals surface area contributed by atoms with Crippen LogP contribution >= 0.6 is 35.7 Å². The van der Waals surface area contributed by atoms with Crippen molar-refractivity contribution >= 4 is 41.7 Å². The molecule has 0 spiro atoms. The van der Waals surface area contributed by atoms with E-state index in [9.17, 15) is 0 Å². The van der Waals surface area contributed by atoms with Crippen LogP contribution in [0.5, 0.6) is 0 Å². The number of aliphatic imine (C=N–C) groups is 1. The fraction of sp³-hybridized carbons (Fsp3) is 0.625. The van der Waals surface area contributed by atoms with Crippen molar-refractivity contribution in [2.24, 2.45) is 4.99 Å². The van der Waals surface area contributed by atoms with Crippen molar-refractivity contribution in [1.29, 1.82) is 0 Å². The Morgan fingerprint density at radius 3 is 2.62 bits per heavy atom. The number of nitrogens with one attached hydrogen (secondary N) is 2. The fourth-order valence-electron chi connectivity index (χ4n) is 4.23. The zero-order valence-electron chi connectivity index (χ0n) is 19.7. The highest BCUT2D eigenvalue weighted by molar-refractivity contribution is 14.0. The number of hydrogen-bond donors (Lipinski definition) is 2. The number of aromatic nitrogens is 3. The average Bonchev–Trinajstić information content (AvgIpc) is 3.45. The second-order valence-corrected chi connectivity index (χ2v) is 9.12. The molecule has 8 heteroatoms. The number of hydrogen-bond acceptors (Lipinski definition) is 4. The Labute approximate surface area is 214 Å². The van der Waals surface area contributed by atoms with Gasteiger partial charge in [-0.25, -0.2) is 0 Å². The van der Waals surface area contributed by atoms with Crippen LogP contribution in [0.4, 0.5) is 0 Å². The van der Waals surface area contributed by atoms with Gasteiger partial charge in [0.2, 0.25) is 0 Å². The van der Waals surface area contributed by atoms with E-state index in [1.165, 1.54) is 31.2 Å². The lowest BCUT2D eigenvalue weighted by Gasteiger charge is -2.18. The maximum Gasteiger partial charge on any atom is 0.191 e. The molecule has 178 valence electrons. The van der Waals surface area contributed by atoms with E-state index in [-0.39, 0.29) is 24.0 Å². The molecule has 1 aromatic heterocycles. The molecular weight excluding hydrogens is 531 g/mol. The molecule has 32 heavy (non-hydrogen) atoms. The Kier molecular flexibility index (Phi) is 12.4. The molecule has 1 aliphatic carbocycles. The summed E-state index contributed by atoms with van der Waals surface area (Å²) >= 11 is 1.71. The molecule has 1 unspecified atom stereocenters. The zero-order valence-corrected chi connectivity index (χ0v) is 22.9. The van der Waals surface area contributed by atoms with Crippen LogP contribution in [0.2, 0.25) is 0 Å². The molecule has 0 amide bonds. The van der Waals surface area contributed by atoms with E-state index in [2.05, 4.69) is 75.8 Å². The molecule has 0 radical (unpaired) electrons. The molecule has 1 heterocycles. The normalized spacial score (nSPS) is 15.4. The van der Waals surface area contributed by atoms with E-state index in [1.54, 1.807) is 11.8 Å². The number of aryl methyl sites for hydroxylation is 2. The summed E-state index contributed by atoms with van der Waals surface area (Å²) in [4.78, 5) is 4.81. The highest BCUT2D eigenvalue weighted by Crippen LogP contribution is 2.33. The van der Waals surface area contributed by atoms with Crippen LogP contribution in [0.3, 0.4) is 0 Å². The van der Waals surface area contributed by atoms with E-state index in [1.807, 2.05) is 0 Å². The average molecular weight is 571 g/mol. The Bertz CT molecular complexity index is 804. The first-order chi connectivity index (χ1) is 15.2. The van der Waals surface area contributed by atoms with Gasteiger partial charge in [0.05, 0.1) is 0 Å². The second-order valence-electron chi connectivity index (χ2n) is 8.35. The van der Waals surface area contributed by atoms with E-state index < -0.39 is 0 Å². The topological polar surface area (TPSA) is 67.1 Å². The second kappa shape index (κ2) is 14.8. The molecular formula is C24H39IN6S. The molecule has 1 saturated carbocycles. The van der Waals surface area contributed by atoms with Gasteiger partial charge in [0, 0.05) is 31.6 Å². The Morgan fingerprint density at radius 1 is 1.19 bits per heavy atom. The lowest BCUT2D eigenvalue weighted by atomic mass is 10.1. The number of nitrogens with zero attached hydrogens (tertiary/aromatic N) is 4. The van der Waals surface area contributed by atoms with Crippen molar-refractivity contribution in [3.63, 3.8) is 0 Å². The molecule has 1 aromatic carbocycles. The van der Waals surface area contributed by atoms with Crippen molar-refractivity contribution in [3.8, 4) is 0 Å². The summed E-state index contributed by atoms with van der Waals surface area (Å²) < 4.78 is 2.40.